The number of aryl methyl sites for hydroxylation is 1. The van der Waals surface area contributed by atoms with E-state index >= 15 is 0 Å². The van der Waals surface area contributed by atoms with Crippen molar-refractivity contribution in [1.29, 1.82) is 0 Å². The van der Waals surface area contributed by atoms with Gasteiger partial charge in [-0.15, -0.1) is 0 Å². The first-order valence-electron chi connectivity index (χ1n) is 6.57. The summed E-state index contributed by atoms with van der Waals surface area (Å²) >= 11 is 1.93. The minimum Gasteiger partial charge on any atom is -0.309 e. The SMILES string of the molecule is CCCNC(c1ccc(CC)cc1)C(C)SC. The molecule has 0 amide bonds. The lowest BCUT2D eigenvalue weighted by Crippen LogP contribution is -2.29. The van der Waals surface area contributed by atoms with Crippen LogP contribution in [0.4, 0.5) is 0 Å². The second-order valence-corrected chi connectivity index (χ2v) is 5.68. The van der Waals surface area contributed by atoms with Crippen molar-refractivity contribution in [2.75, 3.05) is 12.8 Å². The monoisotopic (exact) mass is 251 g/mol. The summed E-state index contributed by atoms with van der Waals surface area (Å²) in [5.41, 5.74) is 2.83. The van der Waals surface area contributed by atoms with E-state index in [0.29, 0.717) is 11.3 Å². The zero-order valence-electron chi connectivity index (χ0n) is 11.5. The van der Waals surface area contributed by atoms with E-state index in [9.17, 15) is 0 Å². The average Bonchev–Trinajstić information content (AvgIpc) is 2.39. The second-order valence-electron chi connectivity index (χ2n) is 4.47. The van der Waals surface area contributed by atoms with Gasteiger partial charge in [0.05, 0.1) is 0 Å². The van der Waals surface area contributed by atoms with E-state index in [1.165, 1.54) is 17.5 Å². The van der Waals surface area contributed by atoms with Crippen LogP contribution in [0.5, 0.6) is 0 Å². The van der Waals surface area contributed by atoms with Crippen molar-refractivity contribution in [3.8, 4) is 0 Å². The Bertz CT molecular complexity index is 307. The summed E-state index contributed by atoms with van der Waals surface area (Å²) in [5, 5.41) is 4.26. The zero-order chi connectivity index (χ0) is 12.7. The standard InChI is InChI=1S/C15H25NS/c1-5-11-16-15(12(3)17-4)14-9-7-13(6-2)8-10-14/h7-10,12,15-16H,5-6,11H2,1-4H3. The molecule has 0 saturated heterocycles. The first kappa shape index (κ1) is 14.6. The number of thioether (sulfide) groups is 1. The third-order valence-electron chi connectivity index (χ3n) is 3.20. The fraction of sp³-hybridized carbons (Fsp3) is 0.600. The Hall–Kier alpha value is -0.470. The highest BCUT2D eigenvalue weighted by Crippen LogP contribution is 2.25. The predicted molar refractivity (Wildman–Crippen MR) is 79.8 cm³/mol. The highest BCUT2D eigenvalue weighted by molar-refractivity contribution is 7.99. The second kappa shape index (κ2) is 7.78. The van der Waals surface area contributed by atoms with Crippen molar-refractivity contribution in [3.05, 3.63) is 35.4 Å². The molecule has 2 unspecified atom stereocenters. The lowest BCUT2D eigenvalue weighted by molar-refractivity contribution is 0.528. The van der Waals surface area contributed by atoms with Crippen molar-refractivity contribution in [1.82, 2.24) is 5.32 Å². The molecular formula is C15H25NS. The number of nitrogens with one attached hydrogen (secondary N) is 1. The van der Waals surface area contributed by atoms with Gasteiger partial charge in [-0.3, -0.25) is 0 Å². The fourth-order valence-electron chi connectivity index (χ4n) is 1.95. The molecule has 0 aromatic heterocycles. The minimum atomic E-state index is 0.468. The largest absolute Gasteiger partial charge is 0.309 e. The van der Waals surface area contributed by atoms with Gasteiger partial charge in [-0.2, -0.15) is 11.8 Å². The number of hydrogen-bond donors (Lipinski definition) is 1. The average molecular weight is 251 g/mol. The van der Waals surface area contributed by atoms with Gasteiger partial charge >= 0.3 is 0 Å². The first-order valence-corrected chi connectivity index (χ1v) is 7.86. The maximum Gasteiger partial charge on any atom is 0.0437 e. The van der Waals surface area contributed by atoms with Crippen molar-refractivity contribution >= 4 is 11.8 Å². The quantitative estimate of drug-likeness (QED) is 0.785. The fourth-order valence-corrected chi connectivity index (χ4v) is 2.48. The Morgan fingerprint density at radius 2 is 1.82 bits per heavy atom. The molecule has 0 aliphatic rings. The minimum absolute atomic E-state index is 0.468. The molecule has 0 heterocycles. The lowest BCUT2D eigenvalue weighted by Gasteiger charge is -2.24. The van der Waals surface area contributed by atoms with E-state index in [2.05, 4.69) is 56.6 Å². The van der Waals surface area contributed by atoms with Crippen LogP contribution in [0.15, 0.2) is 24.3 Å². The maximum atomic E-state index is 3.65. The number of hydrogen-bond acceptors (Lipinski definition) is 2. The molecule has 96 valence electrons. The van der Waals surface area contributed by atoms with E-state index < -0.39 is 0 Å². The first-order chi connectivity index (χ1) is 8.22. The molecule has 1 aromatic rings. The highest BCUT2D eigenvalue weighted by Gasteiger charge is 2.17. The molecule has 1 aromatic carbocycles. The summed E-state index contributed by atoms with van der Waals surface area (Å²) in [6.45, 7) is 7.80. The van der Waals surface area contributed by atoms with Gasteiger partial charge in [0.15, 0.2) is 0 Å². The summed E-state index contributed by atoms with van der Waals surface area (Å²) in [7, 11) is 0. The molecule has 0 spiro atoms. The normalized spacial score (nSPS) is 14.6. The van der Waals surface area contributed by atoms with Gasteiger partial charge in [-0.25, -0.2) is 0 Å². The number of benzene rings is 1. The van der Waals surface area contributed by atoms with Crippen LogP contribution >= 0.6 is 11.8 Å². The molecule has 2 heteroatoms. The molecule has 0 fully saturated rings. The third kappa shape index (κ3) is 4.36. The summed E-state index contributed by atoms with van der Waals surface area (Å²) in [4.78, 5) is 0. The zero-order valence-corrected chi connectivity index (χ0v) is 12.3. The van der Waals surface area contributed by atoms with Gasteiger partial charge in [0.25, 0.3) is 0 Å². The molecule has 2 atom stereocenters. The van der Waals surface area contributed by atoms with Crippen LogP contribution < -0.4 is 5.32 Å². The van der Waals surface area contributed by atoms with E-state index in [1.807, 2.05) is 11.8 Å². The molecule has 0 bridgehead atoms. The molecule has 0 radical (unpaired) electrons. The molecule has 1 N–H and O–H groups in total. The summed E-state index contributed by atoms with van der Waals surface area (Å²) < 4.78 is 0. The Kier molecular flexibility index (Phi) is 6.68. The van der Waals surface area contributed by atoms with E-state index in [-0.39, 0.29) is 0 Å². The molecule has 1 nitrogen and oxygen atoms in total. The summed E-state index contributed by atoms with van der Waals surface area (Å²) in [5.74, 6) is 0. The highest BCUT2D eigenvalue weighted by atomic mass is 32.2. The van der Waals surface area contributed by atoms with E-state index in [0.717, 1.165) is 13.0 Å². The molecule has 0 saturated carbocycles. The van der Waals surface area contributed by atoms with Crippen molar-refractivity contribution < 1.29 is 0 Å². The van der Waals surface area contributed by atoms with Gasteiger partial charge < -0.3 is 5.32 Å². The Labute approximate surface area is 110 Å². The van der Waals surface area contributed by atoms with Crippen molar-refractivity contribution in [3.63, 3.8) is 0 Å². The van der Waals surface area contributed by atoms with Gasteiger partial charge in [-0.05, 0) is 36.8 Å². The topological polar surface area (TPSA) is 12.0 Å². The molecule has 17 heavy (non-hydrogen) atoms. The lowest BCUT2D eigenvalue weighted by atomic mass is 10.0. The van der Waals surface area contributed by atoms with Crippen LogP contribution in [0.1, 0.15) is 44.4 Å². The third-order valence-corrected chi connectivity index (χ3v) is 4.22. The van der Waals surface area contributed by atoms with Crippen LogP contribution in [0.25, 0.3) is 0 Å². The van der Waals surface area contributed by atoms with Crippen LogP contribution in [0.2, 0.25) is 0 Å². The van der Waals surface area contributed by atoms with E-state index in [4.69, 9.17) is 0 Å². The van der Waals surface area contributed by atoms with Gasteiger partial charge in [0.2, 0.25) is 0 Å². The maximum absolute atomic E-state index is 3.65. The Morgan fingerprint density at radius 3 is 2.29 bits per heavy atom. The molecule has 0 aliphatic carbocycles. The van der Waals surface area contributed by atoms with Crippen molar-refractivity contribution in [2.24, 2.45) is 0 Å². The molecule has 1 rings (SSSR count). The number of rotatable bonds is 7. The molecular weight excluding hydrogens is 226 g/mol. The Balaban J connectivity index is 2.79. The van der Waals surface area contributed by atoms with Gasteiger partial charge in [0.1, 0.15) is 0 Å². The van der Waals surface area contributed by atoms with Gasteiger partial charge in [0, 0.05) is 11.3 Å². The van der Waals surface area contributed by atoms with Crippen LogP contribution in [-0.4, -0.2) is 18.1 Å². The van der Waals surface area contributed by atoms with Gasteiger partial charge in [-0.1, -0.05) is 45.0 Å². The van der Waals surface area contributed by atoms with Crippen LogP contribution in [0, 0.1) is 0 Å². The van der Waals surface area contributed by atoms with Crippen LogP contribution in [0.3, 0.4) is 0 Å². The summed E-state index contributed by atoms with van der Waals surface area (Å²) in [6, 6.07) is 9.53. The Morgan fingerprint density at radius 1 is 1.18 bits per heavy atom. The smallest absolute Gasteiger partial charge is 0.0437 e. The van der Waals surface area contributed by atoms with E-state index in [1.54, 1.807) is 0 Å². The van der Waals surface area contributed by atoms with Crippen molar-refractivity contribution in [2.45, 2.75) is 44.9 Å². The summed E-state index contributed by atoms with van der Waals surface area (Å²) in [6.07, 6.45) is 4.49. The van der Waals surface area contributed by atoms with Crippen LogP contribution in [-0.2, 0) is 6.42 Å². The molecule has 0 aliphatic heterocycles. The predicted octanol–water partition coefficient (Wildman–Crippen LogP) is 4.04.